The molecule has 4 nitrogen and oxygen atoms in total. The number of aliphatic carboxylic acids is 1. The van der Waals surface area contributed by atoms with Crippen molar-refractivity contribution in [1.29, 1.82) is 0 Å². The van der Waals surface area contributed by atoms with E-state index in [4.69, 9.17) is 5.11 Å². The van der Waals surface area contributed by atoms with Crippen molar-refractivity contribution in [2.75, 3.05) is 0 Å². The van der Waals surface area contributed by atoms with E-state index in [0.29, 0.717) is 6.42 Å². The van der Waals surface area contributed by atoms with E-state index in [2.05, 4.69) is 12.2 Å². The zero-order valence-corrected chi connectivity index (χ0v) is 17.2. The first kappa shape index (κ1) is 25.9. The maximum absolute atomic E-state index is 11.7. The Morgan fingerprint density at radius 1 is 0.833 bits per heavy atom. The van der Waals surface area contributed by atoms with Gasteiger partial charge in [-0.05, 0) is 12.3 Å². The van der Waals surface area contributed by atoms with Crippen LogP contribution in [0.4, 0.5) is 0 Å². The molecular formula is C19H37AgNO3. The molecule has 0 heterocycles. The summed E-state index contributed by atoms with van der Waals surface area (Å²) in [5, 5.41) is 11.7. The van der Waals surface area contributed by atoms with Crippen LogP contribution in [0.25, 0.3) is 0 Å². The van der Waals surface area contributed by atoms with Crippen LogP contribution >= 0.6 is 0 Å². The zero-order chi connectivity index (χ0) is 17.5. The van der Waals surface area contributed by atoms with Crippen molar-refractivity contribution in [3.63, 3.8) is 0 Å². The van der Waals surface area contributed by atoms with Crippen LogP contribution in [-0.2, 0) is 32.0 Å². The Bertz CT molecular complexity index is 322. The van der Waals surface area contributed by atoms with E-state index in [-0.39, 0.29) is 34.2 Å². The normalized spacial score (nSPS) is 11.8. The monoisotopic (exact) mass is 434 g/mol. The Balaban J connectivity index is 0. The van der Waals surface area contributed by atoms with Crippen LogP contribution in [0.5, 0.6) is 0 Å². The molecule has 1 amide bonds. The molecule has 0 saturated heterocycles. The van der Waals surface area contributed by atoms with Crippen LogP contribution in [-0.4, -0.2) is 23.0 Å². The van der Waals surface area contributed by atoms with Gasteiger partial charge in [-0.3, -0.25) is 4.79 Å². The molecule has 0 aromatic heterocycles. The van der Waals surface area contributed by atoms with E-state index in [9.17, 15) is 9.59 Å². The van der Waals surface area contributed by atoms with E-state index in [1.54, 1.807) is 13.8 Å². The first-order chi connectivity index (χ1) is 11.0. The third-order valence-corrected chi connectivity index (χ3v) is 4.26. The number of rotatable bonds is 15. The number of unbranched alkanes of at least 4 members (excludes halogenated alkanes) is 10. The van der Waals surface area contributed by atoms with Gasteiger partial charge in [0.2, 0.25) is 5.91 Å². The van der Waals surface area contributed by atoms with Crippen LogP contribution in [0, 0.1) is 5.92 Å². The van der Waals surface area contributed by atoms with Gasteiger partial charge >= 0.3 is 5.97 Å². The minimum absolute atomic E-state index is 0. The van der Waals surface area contributed by atoms with Crippen LogP contribution in [0.15, 0.2) is 0 Å². The number of nitrogens with one attached hydrogen (secondary N) is 1. The Hall–Kier alpha value is -0.320. The Labute approximate surface area is 164 Å². The molecule has 0 aromatic rings. The fourth-order valence-electron chi connectivity index (χ4n) is 2.71. The Kier molecular flexibility index (Phi) is 18.9. The number of carbonyl (C=O) groups is 2. The predicted molar refractivity (Wildman–Crippen MR) is 95.5 cm³/mol. The molecular weight excluding hydrogens is 398 g/mol. The molecule has 24 heavy (non-hydrogen) atoms. The molecule has 147 valence electrons. The molecule has 0 aliphatic rings. The number of hydrogen-bond acceptors (Lipinski definition) is 2. The maximum atomic E-state index is 11.7. The van der Waals surface area contributed by atoms with Gasteiger partial charge < -0.3 is 10.4 Å². The molecule has 0 aromatic carbocycles. The molecule has 0 fully saturated rings. The molecule has 1 atom stereocenters. The van der Waals surface area contributed by atoms with Crippen molar-refractivity contribution < 1.29 is 37.1 Å². The fourth-order valence-corrected chi connectivity index (χ4v) is 2.71. The maximum Gasteiger partial charge on any atom is 0.326 e. The van der Waals surface area contributed by atoms with Crippen LogP contribution in [0.3, 0.4) is 0 Å². The molecule has 1 radical (unpaired) electrons. The molecule has 2 N–H and O–H groups in total. The summed E-state index contributed by atoms with van der Waals surface area (Å²) >= 11 is 0. The van der Waals surface area contributed by atoms with Gasteiger partial charge in [0.15, 0.2) is 0 Å². The van der Waals surface area contributed by atoms with Crippen molar-refractivity contribution in [3.05, 3.63) is 0 Å². The minimum Gasteiger partial charge on any atom is -0.480 e. The van der Waals surface area contributed by atoms with E-state index in [0.717, 1.165) is 12.8 Å². The third-order valence-electron chi connectivity index (χ3n) is 4.26. The number of carboxylic acid groups (broad SMARTS) is 1. The Morgan fingerprint density at radius 3 is 1.62 bits per heavy atom. The average Bonchev–Trinajstić information content (AvgIpc) is 2.49. The average molecular weight is 435 g/mol. The fraction of sp³-hybridized carbons (Fsp3) is 0.895. The van der Waals surface area contributed by atoms with Crippen molar-refractivity contribution >= 4 is 11.9 Å². The van der Waals surface area contributed by atoms with Gasteiger partial charge in [-0.2, -0.15) is 0 Å². The van der Waals surface area contributed by atoms with Gasteiger partial charge in [-0.1, -0.05) is 85.0 Å². The first-order valence-electron chi connectivity index (χ1n) is 9.51. The van der Waals surface area contributed by atoms with Gasteiger partial charge in [-0.15, -0.1) is 0 Å². The molecule has 0 spiro atoms. The second-order valence-corrected chi connectivity index (χ2v) is 6.91. The summed E-state index contributed by atoms with van der Waals surface area (Å²) in [5.74, 6) is -1.18. The van der Waals surface area contributed by atoms with Gasteiger partial charge in [0.25, 0.3) is 0 Å². The third kappa shape index (κ3) is 15.2. The van der Waals surface area contributed by atoms with Crippen molar-refractivity contribution in [1.82, 2.24) is 5.32 Å². The van der Waals surface area contributed by atoms with Gasteiger partial charge in [0.1, 0.15) is 6.04 Å². The topological polar surface area (TPSA) is 66.4 Å². The van der Waals surface area contributed by atoms with Gasteiger partial charge in [0.05, 0.1) is 0 Å². The second-order valence-electron chi connectivity index (χ2n) is 6.91. The molecule has 5 heteroatoms. The summed E-state index contributed by atoms with van der Waals surface area (Å²) < 4.78 is 0. The SMILES string of the molecule is CCCCCCCCCCCCCC(=O)N[C@H](C(=O)O)C(C)C.[Ag]. The van der Waals surface area contributed by atoms with E-state index in [1.165, 1.54) is 57.8 Å². The summed E-state index contributed by atoms with van der Waals surface area (Å²) in [6, 6.07) is -0.768. The van der Waals surface area contributed by atoms with Crippen LogP contribution < -0.4 is 5.32 Å². The predicted octanol–water partition coefficient (Wildman–Crippen LogP) is 4.91. The smallest absolute Gasteiger partial charge is 0.326 e. The molecule has 0 bridgehead atoms. The second kappa shape index (κ2) is 17.5. The molecule has 0 saturated carbocycles. The van der Waals surface area contributed by atoms with Gasteiger partial charge in [0, 0.05) is 28.8 Å². The minimum atomic E-state index is -0.952. The van der Waals surface area contributed by atoms with Crippen LogP contribution in [0.2, 0.25) is 0 Å². The molecule has 0 rings (SSSR count). The zero-order valence-electron chi connectivity index (χ0n) is 15.7. The van der Waals surface area contributed by atoms with Crippen molar-refractivity contribution in [2.45, 2.75) is 104 Å². The first-order valence-corrected chi connectivity index (χ1v) is 9.51. The Morgan fingerprint density at radius 2 is 1.25 bits per heavy atom. The molecule has 0 aliphatic heterocycles. The number of carboxylic acids is 1. The van der Waals surface area contributed by atoms with E-state index < -0.39 is 12.0 Å². The summed E-state index contributed by atoms with van der Waals surface area (Å²) in [7, 11) is 0. The summed E-state index contributed by atoms with van der Waals surface area (Å²) in [4.78, 5) is 22.8. The van der Waals surface area contributed by atoms with Crippen LogP contribution in [0.1, 0.15) is 97.8 Å². The summed E-state index contributed by atoms with van der Waals surface area (Å²) in [5.41, 5.74) is 0. The summed E-state index contributed by atoms with van der Waals surface area (Å²) in [6.07, 6.45) is 14.2. The van der Waals surface area contributed by atoms with Crippen molar-refractivity contribution in [3.8, 4) is 0 Å². The number of amides is 1. The van der Waals surface area contributed by atoms with E-state index in [1.807, 2.05) is 0 Å². The summed E-state index contributed by atoms with van der Waals surface area (Å²) in [6.45, 7) is 5.85. The van der Waals surface area contributed by atoms with Gasteiger partial charge in [-0.25, -0.2) is 4.79 Å². The van der Waals surface area contributed by atoms with Crippen molar-refractivity contribution in [2.24, 2.45) is 5.92 Å². The largest absolute Gasteiger partial charge is 0.480 e. The quantitative estimate of drug-likeness (QED) is 0.284. The number of carbonyl (C=O) groups excluding carboxylic acids is 1. The number of hydrogen-bond donors (Lipinski definition) is 2. The standard InChI is InChI=1S/C19H37NO3.Ag/c1-4-5-6-7-8-9-10-11-12-13-14-15-17(21)20-18(16(2)3)19(22)23;/h16,18H,4-15H2,1-3H3,(H,20,21)(H,22,23);/t18-;/m0./s1. The molecule has 0 unspecified atom stereocenters. The van der Waals surface area contributed by atoms with E-state index >= 15 is 0 Å². The molecule has 0 aliphatic carbocycles.